The van der Waals surface area contributed by atoms with Gasteiger partial charge in [0.2, 0.25) is 5.91 Å². The van der Waals surface area contributed by atoms with E-state index in [-0.39, 0.29) is 30.3 Å². The number of amides is 1. The first kappa shape index (κ1) is 18.9. The molecule has 22 heavy (non-hydrogen) atoms. The Labute approximate surface area is 139 Å². The second-order valence-electron chi connectivity index (χ2n) is 5.99. The molecule has 0 bridgehead atoms. The molecule has 3 N–H and O–H groups in total. The third-order valence-electron chi connectivity index (χ3n) is 4.04. The van der Waals surface area contributed by atoms with Gasteiger partial charge in [0, 0.05) is 24.9 Å². The van der Waals surface area contributed by atoms with Gasteiger partial charge in [-0.05, 0) is 38.3 Å². The first-order valence-electron chi connectivity index (χ1n) is 7.88. The van der Waals surface area contributed by atoms with E-state index in [0.717, 1.165) is 24.9 Å². The summed E-state index contributed by atoms with van der Waals surface area (Å²) < 4.78 is 0. The molecule has 5 heteroatoms. The lowest BCUT2D eigenvalue weighted by atomic mass is 9.93. The molecule has 1 aromatic carbocycles. The largest absolute Gasteiger partial charge is 0.393 e. The minimum absolute atomic E-state index is 0. The number of benzene rings is 1. The van der Waals surface area contributed by atoms with Crippen LogP contribution in [0.15, 0.2) is 30.3 Å². The Balaban J connectivity index is 0.00000242. The number of hydrogen-bond acceptors (Lipinski definition) is 3. The van der Waals surface area contributed by atoms with Crippen LogP contribution < -0.4 is 10.6 Å². The van der Waals surface area contributed by atoms with E-state index in [1.54, 1.807) is 6.92 Å². The Morgan fingerprint density at radius 3 is 2.73 bits per heavy atom. The number of aliphatic hydroxyl groups is 1. The first-order chi connectivity index (χ1) is 10.1. The molecule has 1 aromatic rings. The SMILES string of the molecule is CC(O)CC(CNC(=O)CC1CCCN1)c1ccccc1.Cl. The van der Waals surface area contributed by atoms with Crippen LogP contribution in [-0.2, 0) is 4.79 Å². The molecule has 0 spiro atoms. The van der Waals surface area contributed by atoms with Gasteiger partial charge >= 0.3 is 0 Å². The van der Waals surface area contributed by atoms with Gasteiger partial charge in [0.25, 0.3) is 0 Å². The number of nitrogens with one attached hydrogen (secondary N) is 2. The Bertz CT molecular complexity index is 434. The van der Waals surface area contributed by atoms with Gasteiger partial charge in [-0.2, -0.15) is 0 Å². The highest BCUT2D eigenvalue weighted by Crippen LogP contribution is 2.20. The van der Waals surface area contributed by atoms with Crippen molar-refractivity contribution < 1.29 is 9.90 Å². The molecular weight excluding hydrogens is 300 g/mol. The van der Waals surface area contributed by atoms with Crippen LogP contribution in [0.3, 0.4) is 0 Å². The highest BCUT2D eigenvalue weighted by atomic mass is 35.5. The van der Waals surface area contributed by atoms with Crippen molar-refractivity contribution in [3.63, 3.8) is 0 Å². The molecule has 1 aliphatic rings. The number of hydrogen-bond donors (Lipinski definition) is 3. The molecule has 1 heterocycles. The van der Waals surface area contributed by atoms with Crippen molar-refractivity contribution in [2.75, 3.05) is 13.1 Å². The van der Waals surface area contributed by atoms with Gasteiger partial charge in [-0.25, -0.2) is 0 Å². The summed E-state index contributed by atoms with van der Waals surface area (Å²) in [5, 5.41) is 16.0. The maximum atomic E-state index is 12.0. The lowest BCUT2D eigenvalue weighted by Crippen LogP contribution is -2.34. The predicted octanol–water partition coefficient (Wildman–Crippen LogP) is 2.22. The van der Waals surface area contributed by atoms with Crippen molar-refractivity contribution in [1.29, 1.82) is 0 Å². The van der Waals surface area contributed by atoms with Crippen molar-refractivity contribution in [3.8, 4) is 0 Å². The highest BCUT2D eigenvalue weighted by molar-refractivity contribution is 5.85. The van der Waals surface area contributed by atoms with Gasteiger partial charge in [0.1, 0.15) is 0 Å². The first-order valence-corrected chi connectivity index (χ1v) is 7.88. The standard InChI is InChI=1S/C17H26N2O2.ClH/c1-13(20)10-15(14-6-3-2-4-7-14)12-19-17(21)11-16-8-5-9-18-16;/h2-4,6-7,13,15-16,18,20H,5,8-12H2,1H3,(H,19,21);1H. The molecule has 124 valence electrons. The van der Waals surface area contributed by atoms with E-state index >= 15 is 0 Å². The molecule has 0 aromatic heterocycles. The van der Waals surface area contributed by atoms with E-state index in [1.807, 2.05) is 18.2 Å². The van der Waals surface area contributed by atoms with Gasteiger partial charge in [0.05, 0.1) is 6.10 Å². The number of carbonyl (C=O) groups excluding carboxylic acids is 1. The van der Waals surface area contributed by atoms with Crippen molar-refractivity contribution in [3.05, 3.63) is 35.9 Å². The smallest absolute Gasteiger partial charge is 0.221 e. The molecule has 1 aliphatic heterocycles. The molecule has 1 fully saturated rings. The van der Waals surface area contributed by atoms with Gasteiger partial charge < -0.3 is 15.7 Å². The number of aliphatic hydroxyl groups excluding tert-OH is 1. The zero-order valence-corrected chi connectivity index (χ0v) is 13.9. The fraction of sp³-hybridized carbons (Fsp3) is 0.588. The summed E-state index contributed by atoms with van der Waals surface area (Å²) in [4.78, 5) is 12.0. The van der Waals surface area contributed by atoms with E-state index in [9.17, 15) is 9.90 Å². The lowest BCUT2D eigenvalue weighted by molar-refractivity contribution is -0.121. The highest BCUT2D eigenvalue weighted by Gasteiger charge is 2.19. The predicted molar refractivity (Wildman–Crippen MR) is 91.4 cm³/mol. The molecule has 3 atom stereocenters. The summed E-state index contributed by atoms with van der Waals surface area (Å²) in [6, 6.07) is 10.4. The van der Waals surface area contributed by atoms with Crippen LogP contribution >= 0.6 is 12.4 Å². The van der Waals surface area contributed by atoms with E-state index in [1.165, 1.54) is 0 Å². The van der Waals surface area contributed by atoms with Gasteiger partial charge in [-0.3, -0.25) is 4.79 Å². The van der Waals surface area contributed by atoms with Gasteiger partial charge in [0.15, 0.2) is 0 Å². The van der Waals surface area contributed by atoms with Gasteiger partial charge in [-0.1, -0.05) is 30.3 Å². The summed E-state index contributed by atoms with van der Waals surface area (Å²) in [5.41, 5.74) is 1.16. The second-order valence-corrected chi connectivity index (χ2v) is 5.99. The van der Waals surface area contributed by atoms with Crippen LogP contribution in [-0.4, -0.2) is 36.2 Å². The van der Waals surface area contributed by atoms with E-state index in [0.29, 0.717) is 25.4 Å². The number of halogens is 1. The molecular formula is C17H27ClN2O2. The third kappa shape index (κ3) is 6.34. The monoisotopic (exact) mass is 326 g/mol. The fourth-order valence-corrected chi connectivity index (χ4v) is 2.94. The fourth-order valence-electron chi connectivity index (χ4n) is 2.94. The molecule has 2 rings (SSSR count). The van der Waals surface area contributed by atoms with Gasteiger partial charge in [-0.15, -0.1) is 12.4 Å². The van der Waals surface area contributed by atoms with Crippen molar-refractivity contribution in [2.24, 2.45) is 0 Å². The Hall–Kier alpha value is -1.10. The zero-order valence-electron chi connectivity index (χ0n) is 13.1. The number of rotatable bonds is 7. The van der Waals surface area contributed by atoms with Crippen LogP contribution in [0.25, 0.3) is 0 Å². The summed E-state index contributed by atoms with van der Waals surface area (Å²) in [5.74, 6) is 0.257. The van der Waals surface area contributed by atoms with Crippen LogP contribution in [0, 0.1) is 0 Å². The molecule has 4 nitrogen and oxygen atoms in total. The van der Waals surface area contributed by atoms with Crippen molar-refractivity contribution in [2.45, 2.75) is 50.7 Å². The Morgan fingerprint density at radius 1 is 1.41 bits per heavy atom. The van der Waals surface area contributed by atoms with Crippen molar-refractivity contribution >= 4 is 18.3 Å². The molecule has 0 aliphatic carbocycles. The average Bonchev–Trinajstić information content (AvgIpc) is 2.97. The van der Waals surface area contributed by atoms with E-state index in [4.69, 9.17) is 0 Å². The minimum Gasteiger partial charge on any atom is -0.393 e. The Morgan fingerprint density at radius 2 is 2.14 bits per heavy atom. The lowest BCUT2D eigenvalue weighted by Gasteiger charge is -2.20. The summed E-state index contributed by atoms with van der Waals surface area (Å²) in [6.07, 6.45) is 3.08. The average molecular weight is 327 g/mol. The van der Waals surface area contributed by atoms with Crippen LogP contribution in [0.4, 0.5) is 0 Å². The summed E-state index contributed by atoms with van der Waals surface area (Å²) >= 11 is 0. The molecule has 1 amide bonds. The topological polar surface area (TPSA) is 61.4 Å². The molecule has 1 saturated heterocycles. The van der Waals surface area contributed by atoms with Crippen LogP contribution in [0.1, 0.15) is 44.1 Å². The molecule has 0 radical (unpaired) electrons. The zero-order chi connectivity index (χ0) is 15.1. The van der Waals surface area contributed by atoms with E-state index in [2.05, 4.69) is 22.8 Å². The third-order valence-corrected chi connectivity index (χ3v) is 4.04. The second kappa shape index (κ2) is 9.82. The van der Waals surface area contributed by atoms with Crippen molar-refractivity contribution in [1.82, 2.24) is 10.6 Å². The van der Waals surface area contributed by atoms with Crippen LogP contribution in [0.2, 0.25) is 0 Å². The molecule has 3 unspecified atom stereocenters. The quantitative estimate of drug-likeness (QED) is 0.720. The summed E-state index contributed by atoms with van der Waals surface area (Å²) in [7, 11) is 0. The molecule has 0 saturated carbocycles. The van der Waals surface area contributed by atoms with E-state index < -0.39 is 0 Å². The minimum atomic E-state index is -0.372. The maximum absolute atomic E-state index is 12.0. The normalized spacial score (nSPS) is 20.0. The number of carbonyl (C=O) groups is 1. The Kier molecular flexibility index (Phi) is 8.46. The maximum Gasteiger partial charge on any atom is 0.221 e. The van der Waals surface area contributed by atoms with Crippen LogP contribution in [0.5, 0.6) is 0 Å². The summed E-state index contributed by atoms with van der Waals surface area (Å²) in [6.45, 7) is 3.40.